The maximum atomic E-state index is 12.9. The zero-order valence-electron chi connectivity index (χ0n) is 17.0. The van der Waals surface area contributed by atoms with Gasteiger partial charge in [0.05, 0.1) is 22.4 Å². The van der Waals surface area contributed by atoms with Crippen LogP contribution in [0.15, 0.2) is 36.4 Å². The van der Waals surface area contributed by atoms with Gasteiger partial charge in [-0.15, -0.1) is 0 Å². The normalized spacial score (nSPS) is 17.0. The van der Waals surface area contributed by atoms with E-state index in [0.29, 0.717) is 11.4 Å². The number of carbonyl (C=O) groups is 3. The largest absolute Gasteiger partial charge is 0.486 e. The summed E-state index contributed by atoms with van der Waals surface area (Å²) in [6.45, 7) is 1.50. The number of nitrogens with zero attached hydrogens (tertiary/aromatic N) is 2. The van der Waals surface area contributed by atoms with Gasteiger partial charge in [0.1, 0.15) is 18.8 Å². The summed E-state index contributed by atoms with van der Waals surface area (Å²) in [5, 5.41) is 14.2. The number of nitro benzene ring substituents is 1. The fraction of sp³-hybridized carbons (Fsp3) is 0.286. The van der Waals surface area contributed by atoms with E-state index in [-0.39, 0.29) is 42.6 Å². The van der Waals surface area contributed by atoms with Crippen LogP contribution < -0.4 is 19.7 Å². The summed E-state index contributed by atoms with van der Waals surface area (Å²) >= 11 is 0. The minimum absolute atomic E-state index is 0.0575. The standard InChI is InChI=1S/C21H19N3O8/c1-12-8-19(25)22-14-4-2-3-5-15(14)23(12)20(26)11-32-21(27)13-9-17-18(31-7-6-30-17)10-16(13)24(28)29/h2-5,9-10,12H,6-8,11H2,1H3,(H,22,25). The molecule has 0 fully saturated rings. The number of hydrogen-bond acceptors (Lipinski definition) is 8. The van der Waals surface area contributed by atoms with Crippen LogP contribution in [0.1, 0.15) is 23.7 Å². The molecule has 0 saturated heterocycles. The monoisotopic (exact) mass is 441 g/mol. The van der Waals surface area contributed by atoms with E-state index in [1.165, 1.54) is 11.0 Å². The molecule has 0 radical (unpaired) electrons. The molecule has 0 aromatic heterocycles. The van der Waals surface area contributed by atoms with Crippen LogP contribution in [0.3, 0.4) is 0 Å². The van der Waals surface area contributed by atoms with Crippen molar-refractivity contribution < 1.29 is 33.5 Å². The Kier molecular flexibility index (Phi) is 5.63. The van der Waals surface area contributed by atoms with E-state index >= 15 is 0 Å². The Labute approximate surface area is 182 Å². The highest BCUT2D eigenvalue weighted by molar-refractivity contribution is 6.05. The molecule has 1 N–H and O–H groups in total. The first-order chi connectivity index (χ1) is 15.3. The molecule has 2 heterocycles. The Balaban J connectivity index is 1.55. The first-order valence-corrected chi connectivity index (χ1v) is 9.81. The number of ether oxygens (including phenoxy) is 3. The maximum Gasteiger partial charge on any atom is 0.345 e. The lowest BCUT2D eigenvalue weighted by atomic mass is 10.1. The lowest BCUT2D eigenvalue weighted by molar-refractivity contribution is -0.385. The quantitative estimate of drug-likeness (QED) is 0.433. The van der Waals surface area contributed by atoms with Gasteiger partial charge in [-0.3, -0.25) is 19.7 Å². The van der Waals surface area contributed by atoms with Crippen LogP contribution >= 0.6 is 0 Å². The molecule has 4 rings (SSSR count). The molecule has 166 valence electrons. The third-order valence-corrected chi connectivity index (χ3v) is 5.03. The number of nitro groups is 1. The fourth-order valence-corrected chi connectivity index (χ4v) is 3.64. The number of anilines is 2. The number of fused-ring (bicyclic) bond motifs is 2. The molecule has 0 bridgehead atoms. The maximum absolute atomic E-state index is 12.9. The van der Waals surface area contributed by atoms with Crippen molar-refractivity contribution in [3.8, 4) is 11.5 Å². The topological polar surface area (TPSA) is 137 Å². The van der Waals surface area contributed by atoms with Gasteiger partial charge in [-0.1, -0.05) is 12.1 Å². The second kappa shape index (κ2) is 8.53. The van der Waals surface area contributed by atoms with Gasteiger partial charge < -0.3 is 24.4 Å². The summed E-state index contributed by atoms with van der Waals surface area (Å²) in [6.07, 6.45) is 0.0575. The molecule has 32 heavy (non-hydrogen) atoms. The zero-order valence-corrected chi connectivity index (χ0v) is 17.0. The van der Waals surface area contributed by atoms with E-state index in [1.807, 2.05) is 0 Å². The van der Waals surface area contributed by atoms with Crippen molar-refractivity contribution in [2.75, 3.05) is 30.0 Å². The van der Waals surface area contributed by atoms with Crippen molar-refractivity contribution in [3.63, 3.8) is 0 Å². The Morgan fingerprint density at radius 1 is 1.22 bits per heavy atom. The van der Waals surface area contributed by atoms with Crippen LogP contribution in [0.5, 0.6) is 11.5 Å². The van der Waals surface area contributed by atoms with Crippen LogP contribution in [0.4, 0.5) is 17.1 Å². The molecular weight excluding hydrogens is 422 g/mol. The van der Waals surface area contributed by atoms with Gasteiger partial charge in [0.2, 0.25) is 5.91 Å². The minimum atomic E-state index is -1.05. The average Bonchev–Trinajstić information content (AvgIpc) is 2.90. The average molecular weight is 441 g/mol. The number of nitrogens with one attached hydrogen (secondary N) is 1. The first kappa shape index (κ1) is 21.1. The van der Waals surface area contributed by atoms with Gasteiger partial charge in [-0.25, -0.2) is 4.79 Å². The van der Waals surface area contributed by atoms with Crippen molar-refractivity contribution in [1.29, 1.82) is 0 Å². The van der Waals surface area contributed by atoms with E-state index in [4.69, 9.17) is 14.2 Å². The molecule has 2 aromatic carbocycles. The van der Waals surface area contributed by atoms with Crippen LogP contribution in [0, 0.1) is 10.1 Å². The van der Waals surface area contributed by atoms with Crippen molar-refractivity contribution in [3.05, 3.63) is 52.1 Å². The predicted molar refractivity (Wildman–Crippen MR) is 111 cm³/mol. The number of rotatable bonds is 4. The first-order valence-electron chi connectivity index (χ1n) is 9.81. The Hall–Kier alpha value is -4.15. The van der Waals surface area contributed by atoms with Crippen molar-refractivity contribution in [2.24, 2.45) is 0 Å². The van der Waals surface area contributed by atoms with Crippen LogP contribution in [0.2, 0.25) is 0 Å². The van der Waals surface area contributed by atoms with E-state index in [0.717, 1.165) is 6.07 Å². The molecule has 0 saturated carbocycles. The summed E-state index contributed by atoms with van der Waals surface area (Å²) in [5.41, 5.74) is 0.0596. The number of carbonyl (C=O) groups excluding carboxylic acids is 3. The van der Waals surface area contributed by atoms with E-state index < -0.39 is 35.1 Å². The van der Waals surface area contributed by atoms with Crippen LogP contribution in [0.25, 0.3) is 0 Å². The highest BCUT2D eigenvalue weighted by Gasteiger charge is 2.32. The molecule has 1 unspecified atom stereocenters. The van der Waals surface area contributed by atoms with E-state index in [2.05, 4.69) is 5.32 Å². The van der Waals surface area contributed by atoms with Crippen LogP contribution in [-0.2, 0) is 14.3 Å². The van der Waals surface area contributed by atoms with Crippen molar-refractivity contribution in [1.82, 2.24) is 0 Å². The van der Waals surface area contributed by atoms with Gasteiger partial charge in [0, 0.05) is 18.5 Å². The van der Waals surface area contributed by atoms with Crippen molar-refractivity contribution in [2.45, 2.75) is 19.4 Å². The minimum Gasteiger partial charge on any atom is -0.486 e. The highest BCUT2D eigenvalue weighted by atomic mass is 16.6. The third kappa shape index (κ3) is 4.04. The van der Waals surface area contributed by atoms with Crippen molar-refractivity contribution >= 4 is 34.8 Å². The van der Waals surface area contributed by atoms with Gasteiger partial charge in [0.15, 0.2) is 18.1 Å². The van der Waals surface area contributed by atoms with Gasteiger partial charge in [-0.2, -0.15) is 0 Å². The second-order valence-corrected chi connectivity index (χ2v) is 7.23. The highest BCUT2D eigenvalue weighted by Crippen LogP contribution is 2.37. The summed E-state index contributed by atoms with van der Waals surface area (Å²) in [5.74, 6) is -1.53. The number of esters is 1. The summed E-state index contributed by atoms with van der Waals surface area (Å²) in [4.78, 5) is 49.7. The number of para-hydroxylation sites is 2. The summed E-state index contributed by atoms with van der Waals surface area (Å²) < 4.78 is 15.8. The molecule has 2 aliphatic heterocycles. The molecular formula is C21H19N3O8. The van der Waals surface area contributed by atoms with Crippen LogP contribution in [-0.4, -0.2) is 48.6 Å². The summed E-state index contributed by atoms with van der Waals surface area (Å²) in [6, 6.07) is 8.54. The predicted octanol–water partition coefficient (Wildman–Crippen LogP) is 2.29. The molecule has 2 aliphatic rings. The number of benzene rings is 2. The Morgan fingerprint density at radius 2 is 1.91 bits per heavy atom. The third-order valence-electron chi connectivity index (χ3n) is 5.03. The summed E-state index contributed by atoms with van der Waals surface area (Å²) in [7, 11) is 0. The lowest BCUT2D eigenvalue weighted by Crippen LogP contribution is -2.41. The molecule has 2 aromatic rings. The Morgan fingerprint density at radius 3 is 2.62 bits per heavy atom. The molecule has 1 atom stereocenters. The van der Waals surface area contributed by atoms with Gasteiger partial charge in [-0.05, 0) is 19.1 Å². The number of amides is 2. The van der Waals surface area contributed by atoms with Gasteiger partial charge in [0.25, 0.3) is 11.6 Å². The SMILES string of the molecule is CC1CC(=O)Nc2ccccc2N1C(=O)COC(=O)c1cc2c(cc1[N+](=O)[O-])OCCO2. The lowest BCUT2D eigenvalue weighted by Gasteiger charge is -2.27. The molecule has 2 amide bonds. The Bertz CT molecular complexity index is 1120. The number of hydrogen-bond donors (Lipinski definition) is 1. The molecule has 0 spiro atoms. The molecule has 0 aliphatic carbocycles. The molecule has 11 nitrogen and oxygen atoms in total. The fourth-order valence-electron chi connectivity index (χ4n) is 3.64. The van der Waals surface area contributed by atoms with E-state index in [9.17, 15) is 24.5 Å². The molecule has 11 heteroatoms. The van der Waals surface area contributed by atoms with Gasteiger partial charge >= 0.3 is 5.97 Å². The zero-order chi connectivity index (χ0) is 22.8. The second-order valence-electron chi connectivity index (χ2n) is 7.23. The smallest absolute Gasteiger partial charge is 0.345 e. The van der Waals surface area contributed by atoms with E-state index in [1.54, 1.807) is 31.2 Å².